The first-order valence-corrected chi connectivity index (χ1v) is 8.99. The van der Waals surface area contributed by atoms with Crippen LogP contribution in [-0.2, 0) is 4.74 Å². The van der Waals surface area contributed by atoms with E-state index < -0.39 is 5.97 Å². The van der Waals surface area contributed by atoms with Gasteiger partial charge >= 0.3 is 5.97 Å². The van der Waals surface area contributed by atoms with Crippen LogP contribution in [0.25, 0.3) is 0 Å². The lowest BCUT2D eigenvalue weighted by Gasteiger charge is -2.12. The van der Waals surface area contributed by atoms with Gasteiger partial charge < -0.3 is 20.1 Å². The summed E-state index contributed by atoms with van der Waals surface area (Å²) in [7, 11) is 0. The predicted octanol–water partition coefficient (Wildman–Crippen LogP) is 4.19. The molecule has 0 bridgehead atoms. The molecule has 0 radical (unpaired) electrons. The number of thiocarbonyl (C=S) groups is 1. The molecule has 0 aromatic heterocycles. The summed E-state index contributed by atoms with van der Waals surface area (Å²) in [6, 6.07) is 12.8. The standard InChI is InChI=1S/C19H21ClN2O3S/c1-3-24-18(23)16-9-6-14(12-17(16)20)22-19(26)21-10-11-25-15-7-4-13(2)5-8-15/h4-9,12H,3,10-11H2,1-2H3,(H2,21,22,26). The number of anilines is 1. The van der Waals surface area contributed by atoms with Crippen LogP contribution in [0.4, 0.5) is 5.69 Å². The minimum Gasteiger partial charge on any atom is -0.492 e. The first-order valence-electron chi connectivity index (χ1n) is 8.20. The minimum absolute atomic E-state index is 0.299. The molecule has 0 aliphatic rings. The molecule has 7 heteroatoms. The minimum atomic E-state index is -0.446. The van der Waals surface area contributed by atoms with Crippen LogP contribution in [0.2, 0.25) is 5.02 Å². The van der Waals surface area contributed by atoms with Crippen molar-refractivity contribution in [2.45, 2.75) is 13.8 Å². The molecule has 0 atom stereocenters. The molecular weight excluding hydrogens is 372 g/mol. The Morgan fingerprint density at radius 2 is 1.92 bits per heavy atom. The Labute approximate surface area is 163 Å². The SMILES string of the molecule is CCOC(=O)c1ccc(NC(=S)NCCOc2ccc(C)cc2)cc1Cl. The van der Waals surface area contributed by atoms with Crippen LogP contribution in [0.1, 0.15) is 22.8 Å². The van der Waals surface area contributed by atoms with Gasteiger partial charge in [0.05, 0.1) is 23.7 Å². The summed E-state index contributed by atoms with van der Waals surface area (Å²) in [6.45, 7) is 5.10. The number of carbonyl (C=O) groups is 1. The summed E-state index contributed by atoms with van der Waals surface area (Å²) in [4.78, 5) is 11.7. The third-order valence-corrected chi connectivity index (χ3v) is 3.96. The Bertz CT molecular complexity index is 766. The van der Waals surface area contributed by atoms with Crippen molar-refractivity contribution in [2.24, 2.45) is 0 Å². The van der Waals surface area contributed by atoms with E-state index >= 15 is 0 Å². The second-order valence-electron chi connectivity index (χ2n) is 5.46. The lowest BCUT2D eigenvalue weighted by atomic mass is 10.2. The highest BCUT2D eigenvalue weighted by Crippen LogP contribution is 2.21. The first-order chi connectivity index (χ1) is 12.5. The van der Waals surface area contributed by atoms with Crippen LogP contribution in [0, 0.1) is 6.92 Å². The zero-order valence-corrected chi connectivity index (χ0v) is 16.2. The van der Waals surface area contributed by atoms with Crippen LogP contribution >= 0.6 is 23.8 Å². The number of aryl methyl sites for hydroxylation is 1. The Balaban J connectivity index is 1.77. The van der Waals surface area contributed by atoms with Crippen LogP contribution in [0.3, 0.4) is 0 Å². The fourth-order valence-corrected chi connectivity index (χ4v) is 2.59. The van der Waals surface area contributed by atoms with Gasteiger partial charge in [0.25, 0.3) is 0 Å². The predicted molar refractivity (Wildman–Crippen MR) is 108 cm³/mol. The van der Waals surface area contributed by atoms with Crippen molar-refractivity contribution >= 4 is 40.6 Å². The number of benzene rings is 2. The molecule has 2 rings (SSSR count). The fourth-order valence-electron chi connectivity index (χ4n) is 2.11. The molecule has 2 aromatic rings. The van der Waals surface area contributed by atoms with Gasteiger partial charge in [-0.3, -0.25) is 0 Å². The molecule has 0 saturated carbocycles. The number of halogens is 1. The highest BCUT2D eigenvalue weighted by atomic mass is 35.5. The second kappa shape index (κ2) is 9.99. The van der Waals surface area contributed by atoms with Crippen molar-refractivity contribution in [1.29, 1.82) is 0 Å². The summed E-state index contributed by atoms with van der Waals surface area (Å²) in [5.41, 5.74) is 2.19. The third-order valence-electron chi connectivity index (χ3n) is 3.40. The van der Waals surface area contributed by atoms with E-state index in [2.05, 4.69) is 10.6 Å². The Morgan fingerprint density at radius 1 is 1.19 bits per heavy atom. The molecule has 0 unspecified atom stereocenters. The van der Waals surface area contributed by atoms with Crippen LogP contribution < -0.4 is 15.4 Å². The van der Waals surface area contributed by atoms with Crippen molar-refractivity contribution in [1.82, 2.24) is 5.32 Å². The highest BCUT2D eigenvalue weighted by Gasteiger charge is 2.12. The average molecular weight is 393 g/mol. The van der Waals surface area contributed by atoms with E-state index in [9.17, 15) is 4.79 Å². The molecule has 138 valence electrons. The first kappa shape index (κ1) is 20.0. The number of carbonyl (C=O) groups excluding carboxylic acids is 1. The molecular formula is C19H21ClN2O3S. The zero-order chi connectivity index (χ0) is 18.9. The quantitative estimate of drug-likeness (QED) is 0.418. The average Bonchev–Trinajstić information content (AvgIpc) is 2.60. The van der Waals surface area contributed by atoms with Gasteiger partial charge in [0.2, 0.25) is 0 Å². The van der Waals surface area contributed by atoms with Gasteiger partial charge in [0, 0.05) is 5.69 Å². The maximum atomic E-state index is 11.7. The number of hydrogen-bond acceptors (Lipinski definition) is 4. The Morgan fingerprint density at radius 3 is 2.58 bits per heavy atom. The van der Waals surface area contributed by atoms with E-state index in [4.69, 9.17) is 33.3 Å². The van der Waals surface area contributed by atoms with E-state index in [1.54, 1.807) is 25.1 Å². The van der Waals surface area contributed by atoms with Crippen molar-refractivity contribution in [3.63, 3.8) is 0 Å². The molecule has 0 aliphatic heterocycles. The fraction of sp³-hybridized carbons (Fsp3) is 0.263. The van der Waals surface area contributed by atoms with Gasteiger partial charge in [-0.05, 0) is 56.4 Å². The van der Waals surface area contributed by atoms with Gasteiger partial charge in [0.1, 0.15) is 12.4 Å². The summed E-state index contributed by atoms with van der Waals surface area (Å²) < 4.78 is 10.6. The molecule has 0 saturated heterocycles. The zero-order valence-electron chi connectivity index (χ0n) is 14.7. The van der Waals surface area contributed by atoms with Gasteiger partial charge in [-0.2, -0.15) is 0 Å². The van der Waals surface area contributed by atoms with E-state index in [1.807, 2.05) is 31.2 Å². The molecule has 0 aliphatic carbocycles. The molecule has 5 nitrogen and oxygen atoms in total. The maximum absolute atomic E-state index is 11.7. The largest absolute Gasteiger partial charge is 0.492 e. The highest BCUT2D eigenvalue weighted by molar-refractivity contribution is 7.80. The molecule has 2 aromatic carbocycles. The number of hydrogen-bond donors (Lipinski definition) is 2. The number of nitrogens with one attached hydrogen (secondary N) is 2. The number of rotatable bonds is 7. The van der Waals surface area contributed by atoms with Crippen molar-refractivity contribution in [3.05, 3.63) is 58.6 Å². The summed E-state index contributed by atoms with van der Waals surface area (Å²) in [5, 5.41) is 6.81. The molecule has 2 N–H and O–H groups in total. The molecule has 0 amide bonds. The molecule has 0 heterocycles. The van der Waals surface area contributed by atoms with Crippen LogP contribution in [0.5, 0.6) is 5.75 Å². The lowest BCUT2D eigenvalue weighted by molar-refractivity contribution is 0.0526. The molecule has 0 fully saturated rings. The summed E-state index contributed by atoms with van der Waals surface area (Å²) >= 11 is 11.4. The molecule has 0 spiro atoms. The van der Waals surface area contributed by atoms with E-state index in [0.29, 0.717) is 41.1 Å². The van der Waals surface area contributed by atoms with Crippen molar-refractivity contribution in [3.8, 4) is 5.75 Å². The monoisotopic (exact) mass is 392 g/mol. The van der Waals surface area contributed by atoms with E-state index in [1.165, 1.54) is 5.56 Å². The van der Waals surface area contributed by atoms with Crippen molar-refractivity contribution < 1.29 is 14.3 Å². The normalized spacial score (nSPS) is 10.1. The van der Waals surface area contributed by atoms with Gasteiger partial charge in [-0.1, -0.05) is 29.3 Å². The smallest absolute Gasteiger partial charge is 0.339 e. The summed E-state index contributed by atoms with van der Waals surface area (Å²) in [5.74, 6) is 0.371. The van der Waals surface area contributed by atoms with Gasteiger partial charge in [-0.15, -0.1) is 0 Å². The third kappa shape index (κ3) is 6.20. The van der Waals surface area contributed by atoms with Crippen LogP contribution in [0.15, 0.2) is 42.5 Å². The maximum Gasteiger partial charge on any atom is 0.339 e. The van der Waals surface area contributed by atoms with E-state index in [0.717, 1.165) is 5.75 Å². The Kier molecular flexibility index (Phi) is 7.69. The molecule has 26 heavy (non-hydrogen) atoms. The van der Waals surface area contributed by atoms with E-state index in [-0.39, 0.29) is 0 Å². The van der Waals surface area contributed by atoms with Crippen molar-refractivity contribution in [2.75, 3.05) is 25.1 Å². The lowest BCUT2D eigenvalue weighted by Crippen LogP contribution is -2.31. The van der Waals surface area contributed by atoms with Crippen LogP contribution in [-0.4, -0.2) is 30.8 Å². The Hall–Kier alpha value is -2.31. The summed E-state index contributed by atoms with van der Waals surface area (Å²) in [6.07, 6.45) is 0. The topological polar surface area (TPSA) is 59.6 Å². The second-order valence-corrected chi connectivity index (χ2v) is 6.27. The van der Waals surface area contributed by atoms with Gasteiger partial charge in [0.15, 0.2) is 5.11 Å². The number of esters is 1. The van der Waals surface area contributed by atoms with Gasteiger partial charge in [-0.25, -0.2) is 4.79 Å². The number of ether oxygens (including phenoxy) is 2.